The third kappa shape index (κ3) is 2.63. The summed E-state index contributed by atoms with van der Waals surface area (Å²) < 4.78 is -0.671. The van der Waals surface area contributed by atoms with Crippen LogP contribution in [0.3, 0.4) is 0 Å². The standard InChI is InChI=1S/C17H12INO2/c18-16-15(20)11-14(12-7-3-1-4-8-12)19(17(16)21)13-9-5-2-6-10-13/h1-11,16H. The highest BCUT2D eigenvalue weighted by Gasteiger charge is 2.35. The molecule has 2 aromatic carbocycles. The summed E-state index contributed by atoms with van der Waals surface area (Å²) in [5.74, 6) is -0.361. The van der Waals surface area contributed by atoms with E-state index in [1.165, 1.54) is 0 Å². The molecular formula is C17H12INO2. The van der Waals surface area contributed by atoms with E-state index in [1.807, 2.05) is 83.3 Å². The molecule has 3 nitrogen and oxygen atoms in total. The maximum absolute atomic E-state index is 12.6. The smallest absolute Gasteiger partial charge is 0.252 e. The second-order valence-electron chi connectivity index (χ2n) is 4.67. The molecule has 21 heavy (non-hydrogen) atoms. The molecule has 4 heteroatoms. The van der Waals surface area contributed by atoms with Gasteiger partial charge in [0.05, 0.1) is 5.70 Å². The number of ketones is 1. The number of carbonyl (C=O) groups excluding carboxylic acids is 2. The van der Waals surface area contributed by atoms with Crippen LogP contribution in [0.5, 0.6) is 0 Å². The van der Waals surface area contributed by atoms with E-state index in [-0.39, 0.29) is 11.7 Å². The van der Waals surface area contributed by atoms with Crippen LogP contribution >= 0.6 is 22.6 Å². The topological polar surface area (TPSA) is 37.4 Å². The number of amides is 1. The first-order chi connectivity index (χ1) is 10.2. The number of hydrogen-bond acceptors (Lipinski definition) is 2. The number of rotatable bonds is 2. The molecule has 0 saturated heterocycles. The van der Waals surface area contributed by atoms with Gasteiger partial charge in [-0.25, -0.2) is 0 Å². The summed E-state index contributed by atoms with van der Waals surface area (Å²) in [7, 11) is 0. The van der Waals surface area contributed by atoms with E-state index in [1.54, 1.807) is 11.0 Å². The lowest BCUT2D eigenvalue weighted by molar-refractivity contribution is -0.123. The number of para-hydroxylation sites is 1. The highest BCUT2D eigenvalue weighted by molar-refractivity contribution is 14.1. The molecule has 1 unspecified atom stereocenters. The molecule has 0 N–H and O–H groups in total. The van der Waals surface area contributed by atoms with Gasteiger partial charge in [-0.3, -0.25) is 14.5 Å². The van der Waals surface area contributed by atoms with Crippen LogP contribution in [0, 0.1) is 0 Å². The Bertz CT molecular complexity index is 710. The van der Waals surface area contributed by atoms with E-state index in [4.69, 9.17) is 0 Å². The third-order valence-electron chi connectivity index (χ3n) is 3.29. The highest BCUT2D eigenvalue weighted by atomic mass is 127. The molecule has 0 bridgehead atoms. The lowest BCUT2D eigenvalue weighted by Gasteiger charge is -2.30. The molecule has 1 amide bonds. The molecule has 1 aliphatic rings. The van der Waals surface area contributed by atoms with E-state index in [2.05, 4.69) is 0 Å². The summed E-state index contributed by atoms with van der Waals surface area (Å²) in [6.07, 6.45) is 1.56. The fourth-order valence-corrected chi connectivity index (χ4v) is 2.75. The maximum Gasteiger partial charge on any atom is 0.252 e. The summed E-state index contributed by atoms with van der Waals surface area (Å²) in [5.41, 5.74) is 2.25. The molecule has 0 saturated carbocycles. The van der Waals surface area contributed by atoms with Crippen molar-refractivity contribution in [2.45, 2.75) is 3.92 Å². The van der Waals surface area contributed by atoms with Crippen LogP contribution in [0.2, 0.25) is 0 Å². The fourth-order valence-electron chi connectivity index (χ4n) is 2.29. The second kappa shape index (κ2) is 5.81. The van der Waals surface area contributed by atoms with Crippen LogP contribution in [-0.2, 0) is 9.59 Å². The molecule has 1 heterocycles. The number of carbonyl (C=O) groups is 2. The summed E-state index contributed by atoms with van der Waals surface area (Å²) in [5, 5.41) is 0. The molecule has 104 valence electrons. The Morgan fingerprint density at radius 2 is 1.43 bits per heavy atom. The van der Waals surface area contributed by atoms with Crippen LogP contribution in [0.1, 0.15) is 5.56 Å². The van der Waals surface area contributed by atoms with Gasteiger partial charge in [-0.15, -0.1) is 0 Å². The van der Waals surface area contributed by atoms with E-state index in [9.17, 15) is 9.59 Å². The van der Waals surface area contributed by atoms with Crippen molar-refractivity contribution in [2.75, 3.05) is 4.90 Å². The van der Waals surface area contributed by atoms with Gasteiger partial charge in [0.15, 0.2) is 9.71 Å². The number of halogens is 1. The Hall–Kier alpha value is -1.95. The molecule has 1 aliphatic heterocycles. The zero-order chi connectivity index (χ0) is 14.8. The SMILES string of the molecule is O=C1C=C(c2ccccc2)N(c2ccccc2)C(=O)C1I. The zero-order valence-corrected chi connectivity index (χ0v) is 13.2. The lowest BCUT2D eigenvalue weighted by Crippen LogP contribution is -2.42. The molecule has 0 spiro atoms. The van der Waals surface area contributed by atoms with Gasteiger partial charge in [-0.1, -0.05) is 71.1 Å². The van der Waals surface area contributed by atoms with Gasteiger partial charge < -0.3 is 0 Å². The number of allylic oxidation sites excluding steroid dienone is 1. The Morgan fingerprint density at radius 1 is 0.857 bits per heavy atom. The molecular weight excluding hydrogens is 377 g/mol. The third-order valence-corrected chi connectivity index (χ3v) is 4.44. The molecule has 2 aromatic rings. The molecule has 0 radical (unpaired) electrons. The lowest BCUT2D eigenvalue weighted by atomic mass is 10.0. The van der Waals surface area contributed by atoms with Gasteiger partial charge >= 0.3 is 0 Å². The van der Waals surface area contributed by atoms with Crippen LogP contribution in [0.4, 0.5) is 5.69 Å². The molecule has 1 atom stereocenters. The van der Waals surface area contributed by atoms with Crippen LogP contribution in [0.15, 0.2) is 66.7 Å². The number of nitrogens with zero attached hydrogens (tertiary/aromatic N) is 1. The quantitative estimate of drug-likeness (QED) is 0.448. The van der Waals surface area contributed by atoms with Crippen molar-refractivity contribution < 1.29 is 9.59 Å². The van der Waals surface area contributed by atoms with Crippen molar-refractivity contribution in [1.82, 2.24) is 0 Å². The number of alkyl halides is 1. The van der Waals surface area contributed by atoms with Crippen molar-refractivity contribution in [1.29, 1.82) is 0 Å². The van der Waals surface area contributed by atoms with Crippen molar-refractivity contribution >= 4 is 45.7 Å². The molecule has 0 fully saturated rings. The Kier molecular flexibility index (Phi) is 3.88. The van der Waals surface area contributed by atoms with Gasteiger partial charge in [0.25, 0.3) is 5.91 Å². The molecule has 3 rings (SSSR count). The zero-order valence-electron chi connectivity index (χ0n) is 11.1. The van der Waals surface area contributed by atoms with Crippen molar-refractivity contribution in [2.24, 2.45) is 0 Å². The van der Waals surface area contributed by atoms with E-state index < -0.39 is 3.92 Å². The normalized spacial score (nSPS) is 18.6. The van der Waals surface area contributed by atoms with E-state index in [0.29, 0.717) is 5.70 Å². The van der Waals surface area contributed by atoms with Crippen LogP contribution in [-0.4, -0.2) is 15.6 Å². The van der Waals surface area contributed by atoms with Gasteiger partial charge in [-0.2, -0.15) is 0 Å². The average molecular weight is 389 g/mol. The molecule has 0 aromatic heterocycles. The summed E-state index contributed by atoms with van der Waals surface area (Å²) in [6.45, 7) is 0. The van der Waals surface area contributed by atoms with Crippen LogP contribution < -0.4 is 4.90 Å². The summed E-state index contributed by atoms with van der Waals surface area (Å²) in [6, 6.07) is 18.9. The average Bonchev–Trinajstić information content (AvgIpc) is 2.54. The van der Waals surface area contributed by atoms with Gasteiger partial charge in [0.2, 0.25) is 0 Å². The predicted molar refractivity (Wildman–Crippen MR) is 91.2 cm³/mol. The fraction of sp³-hybridized carbons (Fsp3) is 0.0588. The van der Waals surface area contributed by atoms with E-state index in [0.717, 1.165) is 11.3 Å². The number of benzene rings is 2. The summed E-state index contributed by atoms with van der Waals surface area (Å²) in [4.78, 5) is 26.2. The predicted octanol–water partition coefficient (Wildman–Crippen LogP) is 3.45. The van der Waals surface area contributed by atoms with Crippen molar-refractivity contribution in [3.63, 3.8) is 0 Å². The van der Waals surface area contributed by atoms with Crippen molar-refractivity contribution in [3.8, 4) is 0 Å². The first kappa shape index (κ1) is 14.0. The minimum atomic E-state index is -0.671. The Morgan fingerprint density at radius 3 is 2.05 bits per heavy atom. The first-order valence-corrected chi connectivity index (χ1v) is 7.77. The Balaban J connectivity index is 2.16. The van der Waals surface area contributed by atoms with Crippen LogP contribution in [0.25, 0.3) is 5.70 Å². The molecule has 0 aliphatic carbocycles. The highest BCUT2D eigenvalue weighted by Crippen LogP contribution is 2.32. The van der Waals surface area contributed by atoms with Crippen molar-refractivity contribution in [3.05, 3.63) is 72.3 Å². The number of anilines is 1. The monoisotopic (exact) mass is 389 g/mol. The largest absolute Gasteiger partial charge is 0.293 e. The Labute approximate surface area is 136 Å². The minimum absolute atomic E-state index is 0.161. The number of hydrogen-bond donors (Lipinski definition) is 0. The first-order valence-electron chi connectivity index (χ1n) is 6.52. The maximum atomic E-state index is 12.6. The van der Waals surface area contributed by atoms with Gasteiger partial charge in [0, 0.05) is 11.8 Å². The van der Waals surface area contributed by atoms with E-state index >= 15 is 0 Å². The minimum Gasteiger partial charge on any atom is -0.293 e. The second-order valence-corrected chi connectivity index (χ2v) is 5.92. The summed E-state index contributed by atoms with van der Waals surface area (Å²) >= 11 is 1.89. The van der Waals surface area contributed by atoms with Gasteiger partial charge in [0.1, 0.15) is 0 Å². The van der Waals surface area contributed by atoms with Gasteiger partial charge in [-0.05, 0) is 17.7 Å².